The first-order chi connectivity index (χ1) is 8.63. The fourth-order valence-electron chi connectivity index (χ4n) is 1.89. The number of aromatic nitrogens is 2. The van der Waals surface area contributed by atoms with Crippen molar-refractivity contribution >= 4 is 23.2 Å². The summed E-state index contributed by atoms with van der Waals surface area (Å²) in [6, 6.07) is 10.0. The molecule has 0 fully saturated rings. The average molecular weight is 283 g/mol. The third kappa shape index (κ3) is 2.70. The molecule has 0 aliphatic rings. The van der Waals surface area contributed by atoms with Gasteiger partial charge >= 0.3 is 0 Å². The van der Waals surface area contributed by atoms with Crippen LogP contribution in [0.5, 0.6) is 0 Å². The Kier molecular flexibility index (Phi) is 4.31. The Bertz CT molecular complexity index is 518. The van der Waals surface area contributed by atoms with Gasteiger partial charge in [0.15, 0.2) is 0 Å². The molecule has 1 aromatic carbocycles. The lowest BCUT2D eigenvalue weighted by atomic mass is 10.1. The Morgan fingerprint density at radius 3 is 2.44 bits per heavy atom. The Morgan fingerprint density at radius 2 is 1.89 bits per heavy atom. The summed E-state index contributed by atoms with van der Waals surface area (Å²) in [7, 11) is 0. The van der Waals surface area contributed by atoms with Gasteiger partial charge in [-0.1, -0.05) is 55.8 Å². The monoisotopic (exact) mass is 282 g/mol. The van der Waals surface area contributed by atoms with E-state index in [-0.39, 0.29) is 0 Å². The minimum atomic E-state index is 0.376. The minimum Gasteiger partial charge on any atom is -0.253 e. The van der Waals surface area contributed by atoms with Crippen LogP contribution in [0.3, 0.4) is 0 Å². The first-order valence-electron chi connectivity index (χ1n) is 6.00. The predicted octanol–water partition coefficient (Wildman–Crippen LogP) is 4.60. The second-order valence-electron chi connectivity index (χ2n) is 4.69. The van der Waals surface area contributed by atoms with Crippen LogP contribution in [0, 0.1) is 5.92 Å². The highest BCUT2D eigenvalue weighted by Gasteiger charge is 2.17. The summed E-state index contributed by atoms with van der Waals surface area (Å²) in [5.74, 6) is 0.871. The molecule has 1 heterocycles. The van der Waals surface area contributed by atoms with Gasteiger partial charge in [-0.05, 0) is 5.92 Å². The largest absolute Gasteiger partial charge is 0.253 e. The van der Waals surface area contributed by atoms with E-state index in [0.29, 0.717) is 17.0 Å². The molecule has 0 unspecified atom stereocenters. The van der Waals surface area contributed by atoms with Crippen molar-refractivity contribution in [3.05, 3.63) is 41.0 Å². The van der Waals surface area contributed by atoms with Crippen molar-refractivity contribution in [1.82, 2.24) is 9.78 Å². The summed E-state index contributed by atoms with van der Waals surface area (Å²) < 4.78 is 1.84. The highest BCUT2D eigenvalue weighted by atomic mass is 35.5. The third-order valence-corrected chi connectivity index (χ3v) is 3.39. The molecular formula is C14H16Cl2N2. The lowest BCUT2D eigenvalue weighted by Gasteiger charge is -2.05. The van der Waals surface area contributed by atoms with E-state index in [9.17, 15) is 0 Å². The molecule has 2 rings (SSSR count). The molecule has 0 N–H and O–H groups in total. The van der Waals surface area contributed by atoms with Gasteiger partial charge in [-0.2, -0.15) is 5.10 Å². The molecule has 0 aliphatic heterocycles. The van der Waals surface area contributed by atoms with Crippen molar-refractivity contribution in [3.63, 3.8) is 0 Å². The molecule has 0 radical (unpaired) electrons. The van der Waals surface area contributed by atoms with Crippen LogP contribution in [0.15, 0.2) is 30.3 Å². The van der Waals surface area contributed by atoms with Crippen LogP contribution in [0.25, 0.3) is 11.3 Å². The number of hydrogen-bond donors (Lipinski definition) is 0. The maximum atomic E-state index is 6.34. The van der Waals surface area contributed by atoms with Crippen LogP contribution in [0.1, 0.15) is 19.4 Å². The molecule has 0 amide bonds. The lowest BCUT2D eigenvalue weighted by Crippen LogP contribution is -2.06. The summed E-state index contributed by atoms with van der Waals surface area (Å²) in [5.41, 5.74) is 2.85. The van der Waals surface area contributed by atoms with E-state index >= 15 is 0 Å². The fourth-order valence-corrected chi connectivity index (χ4v) is 2.48. The standard InChI is InChI=1S/C14H16Cl2N2/c1-10(2)9-18-14(16)12(8-15)13(17-18)11-6-4-3-5-7-11/h3-7,10H,8-9H2,1-2H3. The van der Waals surface area contributed by atoms with E-state index in [1.165, 1.54) is 0 Å². The van der Waals surface area contributed by atoms with Crippen molar-refractivity contribution in [1.29, 1.82) is 0 Å². The number of nitrogens with zero attached hydrogens (tertiary/aromatic N) is 2. The number of benzene rings is 1. The predicted molar refractivity (Wildman–Crippen MR) is 77.1 cm³/mol. The minimum absolute atomic E-state index is 0.376. The SMILES string of the molecule is CC(C)Cn1nc(-c2ccccc2)c(CCl)c1Cl. The van der Waals surface area contributed by atoms with Crippen LogP contribution >= 0.6 is 23.2 Å². The summed E-state index contributed by atoms with van der Waals surface area (Å²) >= 11 is 12.3. The van der Waals surface area contributed by atoms with Crippen molar-refractivity contribution in [2.24, 2.45) is 5.92 Å². The number of hydrogen-bond acceptors (Lipinski definition) is 1. The zero-order chi connectivity index (χ0) is 13.1. The van der Waals surface area contributed by atoms with Crippen molar-refractivity contribution in [2.75, 3.05) is 0 Å². The van der Waals surface area contributed by atoms with Gasteiger partial charge in [0.1, 0.15) is 5.15 Å². The Balaban J connectivity index is 2.48. The maximum Gasteiger partial charge on any atom is 0.132 e. The highest BCUT2D eigenvalue weighted by molar-refractivity contribution is 6.31. The topological polar surface area (TPSA) is 17.8 Å². The van der Waals surface area contributed by atoms with E-state index in [2.05, 4.69) is 18.9 Å². The van der Waals surface area contributed by atoms with Gasteiger partial charge in [0, 0.05) is 17.7 Å². The van der Waals surface area contributed by atoms with E-state index < -0.39 is 0 Å². The summed E-state index contributed by atoms with van der Waals surface area (Å²) in [6.45, 7) is 5.08. The normalized spacial score (nSPS) is 11.2. The molecular weight excluding hydrogens is 267 g/mol. The van der Waals surface area contributed by atoms with Crippen LogP contribution in [-0.2, 0) is 12.4 Å². The molecule has 0 spiro atoms. The zero-order valence-corrected chi connectivity index (χ0v) is 12.0. The molecule has 96 valence electrons. The second kappa shape index (κ2) is 5.77. The Labute approximate surface area is 118 Å². The van der Waals surface area contributed by atoms with Gasteiger partial charge < -0.3 is 0 Å². The fraction of sp³-hybridized carbons (Fsp3) is 0.357. The molecule has 4 heteroatoms. The first kappa shape index (κ1) is 13.4. The van der Waals surface area contributed by atoms with E-state index in [1.807, 2.05) is 35.0 Å². The van der Waals surface area contributed by atoms with Gasteiger partial charge in [-0.15, -0.1) is 11.6 Å². The van der Waals surface area contributed by atoms with Crippen LogP contribution < -0.4 is 0 Å². The second-order valence-corrected chi connectivity index (χ2v) is 5.32. The van der Waals surface area contributed by atoms with Gasteiger partial charge in [0.2, 0.25) is 0 Å². The summed E-state index contributed by atoms with van der Waals surface area (Å²) in [5, 5.41) is 5.24. The molecule has 0 bridgehead atoms. The van der Waals surface area contributed by atoms with Gasteiger partial charge in [0.05, 0.1) is 11.6 Å². The zero-order valence-electron chi connectivity index (χ0n) is 10.5. The lowest BCUT2D eigenvalue weighted by molar-refractivity contribution is 0.484. The molecule has 0 atom stereocenters. The number of alkyl halides is 1. The molecule has 0 saturated heterocycles. The molecule has 1 aromatic heterocycles. The molecule has 2 nitrogen and oxygen atoms in total. The molecule has 0 saturated carbocycles. The maximum absolute atomic E-state index is 6.34. The van der Waals surface area contributed by atoms with Gasteiger partial charge in [0.25, 0.3) is 0 Å². The van der Waals surface area contributed by atoms with E-state index in [1.54, 1.807) is 0 Å². The van der Waals surface area contributed by atoms with Crippen LogP contribution in [-0.4, -0.2) is 9.78 Å². The van der Waals surface area contributed by atoms with Crippen LogP contribution in [0.4, 0.5) is 0 Å². The highest BCUT2D eigenvalue weighted by Crippen LogP contribution is 2.30. The van der Waals surface area contributed by atoms with E-state index in [0.717, 1.165) is 23.4 Å². The quantitative estimate of drug-likeness (QED) is 0.750. The average Bonchev–Trinajstić information content (AvgIpc) is 2.67. The van der Waals surface area contributed by atoms with Crippen LogP contribution in [0.2, 0.25) is 5.15 Å². The van der Waals surface area contributed by atoms with Crippen molar-refractivity contribution in [2.45, 2.75) is 26.3 Å². The molecule has 2 aromatic rings. The number of halogens is 2. The summed E-state index contributed by atoms with van der Waals surface area (Å²) in [6.07, 6.45) is 0. The van der Waals surface area contributed by atoms with Gasteiger partial charge in [-0.3, -0.25) is 4.68 Å². The van der Waals surface area contributed by atoms with E-state index in [4.69, 9.17) is 23.2 Å². The number of rotatable bonds is 4. The molecule has 18 heavy (non-hydrogen) atoms. The summed E-state index contributed by atoms with van der Waals surface area (Å²) in [4.78, 5) is 0. The molecule has 0 aliphatic carbocycles. The van der Waals surface area contributed by atoms with Crippen molar-refractivity contribution in [3.8, 4) is 11.3 Å². The Hall–Kier alpha value is -0.990. The van der Waals surface area contributed by atoms with Gasteiger partial charge in [-0.25, -0.2) is 0 Å². The Morgan fingerprint density at radius 1 is 1.22 bits per heavy atom. The smallest absolute Gasteiger partial charge is 0.132 e. The van der Waals surface area contributed by atoms with Crippen molar-refractivity contribution < 1.29 is 0 Å². The first-order valence-corrected chi connectivity index (χ1v) is 6.91. The third-order valence-electron chi connectivity index (χ3n) is 2.70.